The lowest BCUT2D eigenvalue weighted by Crippen LogP contribution is -2.44. The Balaban J connectivity index is 1.59. The fourth-order valence-electron chi connectivity index (χ4n) is 3.33. The number of anilines is 1. The molecule has 0 saturated carbocycles. The minimum atomic E-state index is -0.607. The number of rotatable bonds is 6. The predicted octanol–water partition coefficient (Wildman–Crippen LogP) is 6.27. The first-order valence-electron chi connectivity index (χ1n) is 10.4. The second-order valence-electron chi connectivity index (χ2n) is 7.51. The van der Waals surface area contributed by atoms with Gasteiger partial charge in [-0.15, -0.1) is 0 Å². The van der Waals surface area contributed by atoms with Crippen LogP contribution in [0.25, 0.3) is 0 Å². The predicted molar refractivity (Wildman–Crippen MR) is 141 cm³/mol. The van der Waals surface area contributed by atoms with Crippen molar-refractivity contribution in [2.24, 2.45) is 4.99 Å². The van der Waals surface area contributed by atoms with Gasteiger partial charge in [0.2, 0.25) is 11.8 Å². The maximum atomic E-state index is 13.2. The molecule has 174 valence electrons. The molecule has 4 rings (SSSR count). The Morgan fingerprint density at radius 1 is 1.18 bits per heavy atom. The van der Waals surface area contributed by atoms with Gasteiger partial charge in [0.05, 0.1) is 19.3 Å². The zero-order valence-electron chi connectivity index (χ0n) is 18.2. The van der Waals surface area contributed by atoms with Crippen molar-refractivity contribution in [1.82, 2.24) is 4.90 Å². The Kier molecular flexibility index (Phi) is 7.92. The Morgan fingerprint density at radius 3 is 2.59 bits per heavy atom. The van der Waals surface area contributed by atoms with Crippen molar-refractivity contribution in [2.75, 3.05) is 12.4 Å². The lowest BCUT2D eigenvalue weighted by Gasteiger charge is -2.32. The molecule has 0 aliphatic carbocycles. The molecule has 0 radical (unpaired) electrons. The van der Waals surface area contributed by atoms with Gasteiger partial charge < -0.3 is 10.1 Å². The largest absolute Gasteiger partial charge is 0.497 e. The van der Waals surface area contributed by atoms with Gasteiger partial charge in [0.1, 0.15) is 11.0 Å². The zero-order chi connectivity index (χ0) is 24.1. The van der Waals surface area contributed by atoms with Crippen LogP contribution in [0.5, 0.6) is 5.75 Å². The number of hydrogen-bond acceptors (Lipinski definition) is 5. The highest BCUT2D eigenvalue weighted by atomic mass is 79.9. The summed E-state index contributed by atoms with van der Waals surface area (Å²) in [6.07, 6.45) is 0.0697. The van der Waals surface area contributed by atoms with Gasteiger partial charge in [-0.2, -0.15) is 0 Å². The van der Waals surface area contributed by atoms with E-state index < -0.39 is 5.25 Å². The minimum absolute atomic E-state index is 0.0697. The monoisotopic (exact) mass is 557 g/mol. The van der Waals surface area contributed by atoms with Crippen molar-refractivity contribution >= 4 is 67.6 Å². The van der Waals surface area contributed by atoms with E-state index in [1.54, 1.807) is 42.3 Å². The van der Waals surface area contributed by atoms with Crippen LogP contribution >= 0.6 is 39.3 Å². The minimum Gasteiger partial charge on any atom is -0.497 e. The summed E-state index contributed by atoms with van der Waals surface area (Å²) in [5.74, 6) is 0.323. The van der Waals surface area contributed by atoms with Crippen molar-refractivity contribution in [3.8, 4) is 5.75 Å². The average Bonchev–Trinajstić information content (AvgIpc) is 2.83. The number of hydrogen-bond donors (Lipinski definition) is 1. The Labute approximate surface area is 215 Å². The number of halogens is 2. The second kappa shape index (κ2) is 11.1. The van der Waals surface area contributed by atoms with Crippen LogP contribution < -0.4 is 10.1 Å². The van der Waals surface area contributed by atoms with Crippen molar-refractivity contribution in [2.45, 2.75) is 18.2 Å². The van der Waals surface area contributed by atoms with Crippen molar-refractivity contribution in [3.05, 3.63) is 87.9 Å². The van der Waals surface area contributed by atoms with Crippen LogP contribution in [-0.4, -0.2) is 34.2 Å². The van der Waals surface area contributed by atoms with E-state index in [0.29, 0.717) is 28.1 Å². The molecule has 3 aromatic carbocycles. The highest BCUT2D eigenvalue weighted by molar-refractivity contribution is 9.10. The molecule has 2 amide bonds. The van der Waals surface area contributed by atoms with Crippen molar-refractivity contribution in [1.29, 1.82) is 0 Å². The molecule has 1 saturated heterocycles. The number of methoxy groups -OCH3 is 1. The van der Waals surface area contributed by atoms with Crippen molar-refractivity contribution in [3.63, 3.8) is 0 Å². The molecule has 1 unspecified atom stereocenters. The first-order chi connectivity index (χ1) is 16.4. The third kappa shape index (κ3) is 6.20. The summed E-state index contributed by atoms with van der Waals surface area (Å²) in [6.45, 7) is 0.336. The van der Waals surface area contributed by atoms with E-state index in [1.165, 1.54) is 11.8 Å². The smallest absolute Gasteiger partial charge is 0.238 e. The summed E-state index contributed by atoms with van der Waals surface area (Å²) >= 11 is 10.7. The number of carbonyl (C=O) groups excluding carboxylic acids is 2. The molecule has 1 N–H and O–H groups in total. The summed E-state index contributed by atoms with van der Waals surface area (Å²) in [5.41, 5.74) is 2.23. The molecule has 3 aromatic rings. The van der Waals surface area contributed by atoms with Gasteiger partial charge in [0, 0.05) is 21.6 Å². The molecule has 6 nitrogen and oxygen atoms in total. The van der Waals surface area contributed by atoms with Gasteiger partial charge in [-0.05, 0) is 60.2 Å². The number of amidine groups is 1. The first kappa shape index (κ1) is 24.3. The highest BCUT2D eigenvalue weighted by Gasteiger charge is 2.36. The van der Waals surface area contributed by atoms with Crippen LogP contribution in [0.4, 0.5) is 11.4 Å². The van der Waals surface area contributed by atoms with E-state index in [2.05, 4.69) is 26.2 Å². The number of nitrogens with one attached hydrogen (secondary N) is 1. The third-order valence-electron chi connectivity index (χ3n) is 5.08. The van der Waals surface area contributed by atoms with Crippen LogP contribution in [0.2, 0.25) is 5.02 Å². The number of amides is 2. The number of ether oxygens (including phenoxy) is 1. The fourth-order valence-corrected chi connectivity index (χ4v) is 4.95. The standard InChI is InChI=1S/C25H21BrClN3O3S/c1-33-21-11-5-16(6-12-21)15-30-23(31)14-22(24(32)28-20-4-2-3-17(26)13-20)34-25(30)29-19-9-7-18(27)8-10-19/h2-13,22H,14-15H2,1H3,(H,28,32). The lowest BCUT2D eigenvalue weighted by molar-refractivity contribution is -0.129. The average molecular weight is 559 g/mol. The van der Waals surface area contributed by atoms with Gasteiger partial charge in [-0.3, -0.25) is 14.5 Å². The van der Waals surface area contributed by atoms with E-state index >= 15 is 0 Å². The summed E-state index contributed by atoms with van der Waals surface area (Å²) in [4.78, 5) is 32.5. The van der Waals surface area contributed by atoms with Crippen LogP contribution in [0.15, 0.2) is 82.3 Å². The second-order valence-corrected chi connectivity index (χ2v) is 10.0. The number of carbonyl (C=O) groups is 2. The summed E-state index contributed by atoms with van der Waals surface area (Å²) in [5, 5.41) is 3.35. The normalized spacial score (nSPS) is 17.0. The quantitative estimate of drug-likeness (QED) is 0.387. The van der Waals surface area contributed by atoms with E-state index in [1.807, 2.05) is 42.5 Å². The van der Waals surface area contributed by atoms with Crippen LogP contribution in [-0.2, 0) is 16.1 Å². The molecule has 0 aromatic heterocycles. The van der Waals surface area contributed by atoms with Crippen molar-refractivity contribution < 1.29 is 14.3 Å². The molecule has 0 bridgehead atoms. The molecule has 1 atom stereocenters. The molecule has 1 aliphatic rings. The molecule has 1 heterocycles. The Bertz CT molecular complexity index is 1220. The van der Waals surface area contributed by atoms with E-state index in [-0.39, 0.29) is 18.2 Å². The SMILES string of the molecule is COc1ccc(CN2C(=O)CC(C(=O)Nc3cccc(Br)c3)SC2=Nc2ccc(Cl)cc2)cc1. The molecular weight excluding hydrogens is 538 g/mol. The van der Waals surface area contributed by atoms with Gasteiger partial charge >= 0.3 is 0 Å². The topological polar surface area (TPSA) is 71.0 Å². The number of thioether (sulfide) groups is 1. The van der Waals surface area contributed by atoms with E-state index in [4.69, 9.17) is 16.3 Å². The van der Waals surface area contributed by atoms with Gasteiger partial charge in [0.25, 0.3) is 0 Å². The zero-order valence-corrected chi connectivity index (χ0v) is 21.4. The molecule has 9 heteroatoms. The van der Waals surface area contributed by atoms with Gasteiger partial charge in [-0.25, -0.2) is 4.99 Å². The number of nitrogens with zero attached hydrogens (tertiary/aromatic N) is 2. The molecule has 1 aliphatic heterocycles. The molecular formula is C25H21BrClN3O3S. The maximum absolute atomic E-state index is 13.2. The van der Waals surface area contributed by atoms with Crippen LogP contribution in [0, 0.1) is 0 Å². The molecule has 34 heavy (non-hydrogen) atoms. The van der Waals surface area contributed by atoms with E-state index in [9.17, 15) is 9.59 Å². The lowest BCUT2D eigenvalue weighted by atomic mass is 10.2. The number of benzene rings is 3. The Hall–Kier alpha value is -2.81. The summed E-state index contributed by atoms with van der Waals surface area (Å²) in [7, 11) is 1.61. The maximum Gasteiger partial charge on any atom is 0.238 e. The summed E-state index contributed by atoms with van der Waals surface area (Å²) in [6, 6.07) is 21.9. The van der Waals surface area contributed by atoms with E-state index in [0.717, 1.165) is 15.8 Å². The third-order valence-corrected chi connectivity index (χ3v) is 7.01. The first-order valence-corrected chi connectivity index (χ1v) is 12.5. The highest BCUT2D eigenvalue weighted by Crippen LogP contribution is 2.31. The summed E-state index contributed by atoms with van der Waals surface area (Å²) < 4.78 is 6.08. The molecule has 1 fully saturated rings. The van der Waals surface area contributed by atoms with Gasteiger partial charge in [0.15, 0.2) is 5.17 Å². The van der Waals surface area contributed by atoms with Crippen LogP contribution in [0.1, 0.15) is 12.0 Å². The fraction of sp³-hybridized carbons (Fsp3) is 0.160. The Morgan fingerprint density at radius 2 is 1.91 bits per heavy atom. The van der Waals surface area contributed by atoms with Gasteiger partial charge in [-0.1, -0.05) is 57.5 Å². The molecule has 0 spiro atoms. The number of aliphatic imine (C=N–C) groups is 1. The van der Waals surface area contributed by atoms with Crippen LogP contribution in [0.3, 0.4) is 0 Å².